The predicted molar refractivity (Wildman–Crippen MR) is 69.7 cm³/mol. The van der Waals surface area contributed by atoms with Crippen LogP contribution in [0.3, 0.4) is 0 Å². The van der Waals surface area contributed by atoms with Crippen LogP contribution in [-0.2, 0) is 0 Å². The summed E-state index contributed by atoms with van der Waals surface area (Å²) in [6, 6.07) is 5.15. The quantitative estimate of drug-likeness (QED) is 0.836. The van der Waals surface area contributed by atoms with Crippen molar-refractivity contribution in [2.45, 2.75) is 38.6 Å². The van der Waals surface area contributed by atoms with Crippen molar-refractivity contribution in [2.24, 2.45) is 17.8 Å². The third-order valence-corrected chi connectivity index (χ3v) is 5.34. The maximum absolute atomic E-state index is 3.71. The monoisotopic (exact) mass is 235 g/mol. The van der Waals surface area contributed by atoms with Crippen molar-refractivity contribution >= 4 is 11.3 Å². The second kappa shape index (κ2) is 4.50. The van der Waals surface area contributed by atoms with E-state index in [1.54, 1.807) is 4.88 Å². The Morgan fingerprint density at radius 2 is 2.12 bits per heavy atom. The van der Waals surface area contributed by atoms with Crippen molar-refractivity contribution in [3.8, 4) is 0 Å². The minimum absolute atomic E-state index is 0.651. The van der Waals surface area contributed by atoms with Crippen LogP contribution >= 0.6 is 11.3 Å². The minimum atomic E-state index is 0.651. The van der Waals surface area contributed by atoms with E-state index in [1.807, 2.05) is 11.3 Å². The first kappa shape index (κ1) is 10.8. The lowest BCUT2D eigenvalue weighted by atomic mass is 10.0. The first-order chi connectivity index (χ1) is 7.92. The largest absolute Gasteiger partial charge is 0.309 e. The fourth-order valence-corrected chi connectivity index (χ4v) is 4.52. The standard InChI is InChI=1S/C14H21NS/c1-2-15-14(12-8-5-9-16-12)13-10-6-3-4-7-11(10)13/h5,8-11,13-15H,2-4,6-7H2,1H3. The summed E-state index contributed by atoms with van der Waals surface area (Å²) in [4.78, 5) is 1.56. The third kappa shape index (κ3) is 1.82. The van der Waals surface area contributed by atoms with Crippen LogP contribution in [0.2, 0.25) is 0 Å². The van der Waals surface area contributed by atoms with Crippen molar-refractivity contribution in [2.75, 3.05) is 6.54 Å². The molecule has 1 aromatic rings. The van der Waals surface area contributed by atoms with Crippen LogP contribution in [0.4, 0.5) is 0 Å². The maximum Gasteiger partial charge on any atom is 0.0448 e. The van der Waals surface area contributed by atoms with Gasteiger partial charge in [-0.05, 0) is 48.6 Å². The molecule has 0 aromatic carbocycles. The smallest absolute Gasteiger partial charge is 0.0448 e. The molecule has 3 rings (SSSR count). The normalized spacial score (nSPS) is 34.4. The van der Waals surface area contributed by atoms with Gasteiger partial charge in [0.15, 0.2) is 0 Å². The lowest BCUT2D eigenvalue weighted by molar-refractivity contribution is 0.463. The highest BCUT2D eigenvalue weighted by Crippen LogP contribution is 2.60. The van der Waals surface area contributed by atoms with E-state index in [1.165, 1.54) is 25.7 Å². The Labute approximate surface area is 102 Å². The molecule has 3 unspecified atom stereocenters. The molecule has 1 nitrogen and oxygen atoms in total. The predicted octanol–water partition coefficient (Wildman–Crippen LogP) is 3.83. The first-order valence-corrected chi connectivity index (χ1v) is 7.56. The number of nitrogens with one attached hydrogen (secondary N) is 1. The summed E-state index contributed by atoms with van der Waals surface area (Å²) in [7, 11) is 0. The van der Waals surface area contributed by atoms with Gasteiger partial charge in [-0.15, -0.1) is 11.3 Å². The summed E-state index contributed by atoms with van der Waals surface area (Å²) in [5.74, 6) is 3.03. The van der Waals surface area contributed by atoms with E-state index >= 15 is 0 Å². The van der Waals surface area contributed by atoms with Gasteiger partial charge in [0.05, 0.1) is 0 Å². The summed E-state index contributed by atoms with van der Waals surface area (Å²) in [6.07, 6.45) is 5.92. The molecule has 0 aliphatic heterocycles. The summed E-state index contributed by atoms with van der Waals surface area (Å²) in [5.41, 5.74) is 0. The van der Waals surface area contributed by atoms with Gasteiger partial charge in [0, 0.05) is 10.9 Å². The van der Waals surface area contributed by atoms with Gasteiger partial charge in [0.1, 0.15) is 0 Å². The van der Waals surface area contributed by atoms with Crippen LogP contribution in [-0.4, -0.2) is 6.54 Å². The molecule has 0 spiro atoms. The molecule has 3 atom stereocenters. The number of rotatable bonds is 4. The number of thiophene rings is 1. The highest BCUT2D eigenvalue weighted by Gasteiger charge is 2.54. The van der Waals surface area contributed by atoms with E-state index in [0.29, 0.717) is 6.04 Å². The van der Waals surface area contributed by atoms with Crippen molar-refractivity contribution in [1.82, 2.24) is 5.32 Å². The molecular weight excluding hydrogens is 214 g/mol. The molecule has 0 amide bonds. The summed E-state index contributed by atoms with van der Waals surface area (Å²) in [5, 5.41) is 5.93. The highest BCUT2D eigenvalue weighted by atomic mass is 32.1. The molecule has 16 heavy (non-hydrogen) atoms. The zero-order chi connectivity index (χ0) is 11.0. The maximum atomic E-state index is 3.71. The molecule has 1 N–H and O–H groups in total. The summed E-state index contributed by atoms with van der Waals surface area (Å²) >= 11 is 1.92. The molecule has 1 heterocycles. The van der Waals surface area contributed by atoms with E-state index in [9.17, 15) is 0 Å². The number of hydrogen-bond acceptors (Lipinski definition) is 2. The molecule has 1 aromatic heterocycles. The van der Waals surface area contributed by atoms with Gasteiger partial charge in [-0.3, -0.25) is 0 Å². The fraction of sp³-hybridized carbons (Fsp3) is 0.714. The topological polar surface area (TPSA) is 12.0 Å². The lowest BCUT2D eigenvalue weighted by Crippen LogP contribution is -2.22. The molecule has 2 saturated carbocycles. The van der Waals surface area contributed by atoms with Gasteiger partial charge in [-0.2, -0.15) is 0 Å². The van der Waals surface area contributed by atoms with E-state index in [0.717, 1.165) is 24.3 Å². The zero-order valence-corrected chi connectivity index (χ0v) is 10.8. The molecule has 2 fully saturated rings. The van der Waals surface area contributed by atoms with Gasteiger partial charge >= 0.3 is 0 Å². The van der Waals surface area contributed by atoms with E-state index in [-0.39, 0.29) is 0 Å². The van der Waals surface area contributed by atoms with Gasteiger partial charge in [0.25, 0.3) is 0 Å². The van der Waals surface area contributed by atoms with Crippen LogP contribution in [0.1, 0.15) is 43.5 Å². The van der Waals surface area contributed by atoms with Gasteiger partial charge in [-0.25, -0.2) is 0 Å². The molecule has 2 aliphatic carbocycles. The van der Waals surface area contributed by atoms with Crippen molar-refractivity contribution in [3.05, 3.63) is 22.4 Å². The Bertz CT molecular complexity index is 321. The highest BCUT2D eigenvalue weighted by molar-refractivity contribution is 7.10. The molecule has 2 aliphatic rings. The minimum Gasteiger partial charge on any atom is -0.309 e. The van der Waals surface area contributed by atoms with E-state index in [4.69, 9.17) is 0 Å². The Morgan fingerprint density at radius 3 is 2.69 bits per heavy atom. The SMILES string of the molecule is CCNC(c1cccs1)C1C2CCCCC21. The number of hydrogen-bond donors (Lipinski definition) is 1. The first-order valence-electron chi connectivity index (χ1n) is 6.68. The Hall–Kier alpha value is -0.340. The Balaban J connectivity index is 1.74. The summed E-state index contributed by atoms with van der Waals surface area (Å²) < 4.78 is 0. The molecule has 0 saturated heterocycles. The fourth-order valence-electron chi connectivity index (χ4n) is 3.66. The van der Waals surface area contributed by atoms with Crippen LogP contribution in [0.15, 0.2) is 17.5 Å². The summed E-state index contributed by atoms with van der Waals surface area (Å²) in [6.45, 7) is 3.32. The van der Waals surface area contributed by atoms with Crippen LogP contribution in [0.25, 0.3) is 0 Å². The van der Waals surface area contributed by atoms with Crippen molar-refractivity contribution < 1.29 is 0 Å². The van der Waals surface area contributed by atoms with Crippen LogP contribution in [0.5, 0.6) is 0 Å². The van der Waals surface area contributed by atoms with E-state index < -0.39 is 0 Å². The molecule has 0 bridgehead atoms. The lowest BCUT2D eigenvalue weighted by Gasteiger charge is -2.16. The van der Waals surface area contributed by atoms with Crippen molar-refractivity contribution in [3.63, 3.8) is 0 Å². The number of fused-ring (bicyclic) bond motifs is 1. The molecule has 0 radical (unpaired) electrons. The second-order valence-electron chi connectivity index (χ2n) is 5.24. The van der Waals surface area contributed by atoms with E-state index in [2.05, 4.69) is 29.8 Å². The second-order valence-corrected chi connectivity index (χ2v) is 6.22. The Kier molecular flexibility index (Phi) is 3.03. The van der Waals surface area contributed by atoms with Gasteiger partial charge < -0.3 is 5.32 Å². The average Bonchev–Trinajstić information content (AvgIpc) is 2.78. The zero-order valence-electron chi connectivity index (χ0n) is 9.99. The van der Waals surface area contributed by atoms with Gasteiger partial charge in [-0.1, -0.05) is 25.8 Å². The van der Waals surface area contributed by atoms with Crippen LogP contribution < -0.4 is 5.32 Å². The molecule has 2 heteroatoms. The average molecular weight is 235 g/mol. The molecular formula is C14H21NS. The van der Waals surface area contributed by atoms with Crippen LogP contribution in [0, 0.1) is 17.8 Å². The van der Waals surface area contributed by atoms with Crippen molar-refractivity contribution in [1.29, 1.82) is 0 Å². The molecule has 88 valence electrons. The van der Waals surface area contributed by atoms with Gasteiger partial charge in [0.2, 0.25) is 0 Å². The third-order valence-electron chi connectivity index (χ3n) is 4.38. The Morgan fingerprint density at radius 1 is 1.38 bits per heavy atom.